The SMILES string of the molecule is CCCCCCCCC=CCCCCCCCC(=O)OCCN=C=NCCO. The third-order valence-corrected chi connectivity index (χ3v) is 4.46. The molecule has 0 saturated carbocycles. The lowest BCUT2D eigenvalue weighted by Crippen LogP contribution is -2.07. The van der Waals surface area contributed by atoms with Crippen molar-refractivity contribution in [3.63, 3.8) is 0 Å². The third-order valence-electron chi connectivity index (χ3n) is 4.46. The number of aliphatic hydroxyl groups excluding tert-OH is 1. The largest absolute Gasteiger partial charge is 0.464 e. The van der Waals surface area contributed by atoms with Gasteiger partial charge in [0, 0.05) is 6.42 Å². The molecule has 0 amide bonds. The van der Waals surface area contributed by atoms with E-state index < -0.39 is 0 Å². The average molecular weight is 395 g/mol. The first-order valence-corrected chi connectivity index (χ1v) is 11.3. The van der Waals surface area contributed by atoms with Gasteiger partial charge in [0.1, 0.15) is 6.61 Å². The Morgan fingerprint density at radius 2 is 1.43 bits per heavy atom. The van der Waals surface area contributed by atoms with Crippen LogP contribution in [0.1, 0.15) is 96.8 Å². The number of rotatable bonds is 20. The highest BCUT2D eigenvalue weighted by Gasteiger charge is 2.01. The second kappa shape index (κ2) is 23.6. The Labute approximate surface area is 172 Å². The number of allylic oxidation sites excluding steroid dienone is 2. The fourth-order valence-electron chi connectivity index (χ4n) is 2.82. The maximum atomic E-state index is 11.6. The van der Waals surface area contributed by atoms with Crippen LogP contribution in [0.4, 0.5) is 0 Å². The summed E-state index contributed by atoms with van der Waals surface area (Å²) in [7, 11) is 0. The number of aliphatic imine (C=N–C) groups is 2. The minimum atomic E-state index is -0.153. The van der Waals surface area contributed by atoms with Crippen LogP contribution >= 0.6 is 0 Å². The molecule has 162 valence electrons. The van der Waals surface area contributed by atoms with Gasteiger partial charge in [-0.1, -0.05) is 70.4 Å². The topological polar surface area (TPSA) is 71.2 Å². The van der Waals surface area contributed by atoms with E-state index in [0.29, 0.717) is 19.5 Å². The van der Waals surface area contributed by atoms with Gasteiger partial charge in [-0.2, -0.15) is 0 Å². The van der Waals surface area contributed by atoms with Crippen molar-refractivity contribution >= 4 is 12.0 Å². The molecule has 0 unspecified atom stereocenters. The van der Waals surface area contributed by atoms with Gasteiger partial charge in [0.05, 0.1) is 25.7 Å². The van der Waals surface area contributed by atoms with Gasteiger partial charge in [-0.25, -0.2) is 9.98 Å². The van der Waals surface area contributed by atoms with Gasteiger partial charge in [-0.3, -0.25) is 4.79 Å². The van der Waals surface area contributed by atoms with Gasteiger partial charge < -0.3 is 9.84 Å². The normalized spacial score (nSPS) is 10.8. The summed E-state index contributed by atoms with van der Waals surface area (Å²) in [4.78, 5) is 19.1. The Kier molecular flexibility index (Phi) is 22.4. The van der Waals surface area contributed by atoms with Gasteiger partial charge in [-0.15, -0.1) is 0 Å². The van der Waals surface area contributed by atoms with E-state index >= 15 is 0 Å². The Morgan fingerprint density at radius 1 is 0.857 bits per heavy atom. The van der Waals surface area contributed by atoms with Crippen molar-refractivity contribution < 1.29 is 14.6 Å². The molecule has 0 rings (SSSR count). The summed E-state index contributed by atoms with van der Waals surface area (Å²) in [6, 6.07) is 2.45. The van der Waals surface area contributed by atoms with Crippen molar-refractivity contribution in [1.82, 2.24) is 0 Å². The minimum Gasteiger partial charge on any atom is -0.464 e. The first-order chi connectivity index (χ1) is 13.8. The van der Waals surface area contributed by atoms with Crippen molar-refractivity contribution in [2.45, 2.75) is 96.8 Å². The lowest BCUT2D eigenvalue weighted by molar-refractivity contribution is -0.143. The van der Waals surface area contributed by atoms with Crippen LogP contribution in [0.25, 0.3) is 0 Å². The van der Waals surface area contributed by atoms with Crippen molar-refractivity contribution in [3.05, 3.63) is 12.2 Å². The molecular formula is C23H42N2O3. The van der Waals surface area contributed by atoms with Crippen LogP contribution in [0.5, 0.6) is 0 Å². The number of carbonyl (C=O) groups is 1. The molecule has 0 radical (unpaired) electrons. The van der Waals surface area contributed by atoms with E-state index in [1.165, 1.54) is 70.6 Å². The predicted octanol–water partition coefficient (Wildman–Crippen LogP) is 5.73. The standard InChI is InChI=1S/C23H42N2O3/c1-2-3-4-5-6-7-8-9-10-11-12-13-14-15-16-17-23(27)28-21-19-25-22-24-18-20-26/h9-10,26H,2-8,11-21H2,1H3. The third kappa shape index (κ3) is 22.6. The van der Waals surface area contributed by atoms with Crippen LogP contribution in [0.2, 0.25) is 0 Å². The number of ether oxygens (including phenoxy) is 1. The fourth-order valence-corrected chi connectivity index (χ4v) is 2.82. The Bertz CT molecular complexity index is 430. The molecule has 0 aromatic carbocycles. The van der Waals surface area contributed by atoms with Crippen LogP contribution in [0.15, 0.2) is 22.1 Å². The summed E-state index contributed by atoms with van der Waals surface area (Å²) in [5, 5.41) is 8.52. The predicted molar refractivity (Wildman–Crippen MR) is 117 cm³/mol. The Hall–Kier alpha value is -1.45. The fraction of sp³-hybridized carbons (Fsp3) is 0.826. The van der Waals surface area contributed by atoms with Crippen molar-refractivity contribution in [2.75, 3.05) is 26.3 Å². The molecule has 0 atom stereocenters. The minimum absolute atomic E-state index is 0.00649. The monoisotopic (exact) mass is 394 g/mol. The average Bonchev–Trinajstić information content (AvgIpc) is 2.70. The summed E-state index contributed by atoms with van der Waals surface area (Å²) >= 11 is 0. The van der Waals surface area contributed by atoms with E-state index in [-0.39, 0.29) is 19.2 Å². The zero-order valence-corrected chi connectivity index (χ0v) is 18.0. The molecule has 28 heavy (non-hydrogen) atoms. The van der Waals surface area contributed by atoms with Gasteiger partial charge in [0.2, 0.25) is 0 Å². The van der Waals surface area contributed by atoms with Gasteiger partial charge in [0.15, 0.2) is 0 Å². The van der Waals surface area contributed by atoms with E-state index in [4.69, 9.17) is 9.84 Å². The molecule has 0 bridgehead atoms. The van der Waals surface area contributed by atoms with E-state index in [1.807, 2.05) is 0 Å². The lowest BCUT2D eigenvalue weighted by atomic mass is 10.1. The van der Waals surface area contributed by atoms with Crippen LogP contribution in [0, 0.1) is 0 Å². The van der Waals surface area contributed by atoms with Crippen molar-refractivity contribution in [1.29, 1.82) is 0 Å². The second-order valence-electron chi connectivity index (χ2n) is 7.14. The molecule has 0 fully saturated rings. The molecule has 5 nitrogen and oxygen atoms in total. The molecule has 0 spiro atoms. The summed E-state index contributed by atoms with van der Waals surface area (Å²) in [6.07, 6.45) is 21.4. The summed E-state index contributed by atoms with van der Waals surface area (Å²) in [6.45, 7) is 3.19. The highest BCUT2D eigenvalue weighted by Crippen LogP contribution is 2.10. The summed E-state index contributed by atoms with van der Waals surface area (Å²) < 4.78 is 5.09. The molecule has 0 aromatic heterocycles. The van der Waals surface area contributed by atoms with E-state index in [1.54, 1.807) is 0 Å². The summed E-state index contributed by atoms with van der Waals surface area (Å²) in [5.41, 5.74) is 0. The molecule has 0 heterocycles. The second-order valence-corrected chi connectivity index (χ2v) is 7.14. The van der Waals surface area contributed by atoms with E-state index in [9.17, 15) is 4.79 Å². The molecule has 0 aliphatic carbocycles. The quantitative estimate of drug-likeness (QED) is 0.124. The van der Waals surface area contributed by atoms with Gasteiger partial charge in [-0.05, 0) is 32.1 Å². The molecule has 0 saturated heterocycles. The lowest BCUT2D eigenvalue weighted by Gasteiger charge is -2.02. The number of esters is 1. The Balaban J connectivity index is 3.28. The number of nitrogens with zero attached hydrogens (tertiary/aromatic N) is 2. The molecule has 5 heteroatoms. The van der Waals surface area contributed by atoms with Gasteiger partial charge in [0.25, 0.3) is 0 Å². The highest BCUT2D eigenvalue weighted by atomic mass is 16.5. The molecule has 1 N–H and O–H groups in total. The molecule has 0 aliphatic rings. The molecule has 0 aliphatic heterocycles. The van der Waals surface area contributed by atoms with Crippen LogP contribution in [-0.4, -0.2) is 43.4 Å². The number of hydrogen-bond donors (Lipinski definition) is 1. The first-order valence-electron chi connectivity index (χ1n) is 11.3. The first kappa shape index (κ1) is 26.6. The smallest absolute Gasteiger partial charge is 0.305 e. The highest BCUT2D eigenvalue weighted by molar-refractivity contribution is 5.69. The maximum Gasteiger partial charge on any atom is 0.305 e. The Morgan fingerprint density at radius 3 is 2.07 bits per heavy atom. The number of aliphatic hydroxyl groups is 1. The number of hydrogen-bond acceptors (Lipinski definition) is 5. The van der Waals surface area contributed by atoms with Crippen LogP contribution < -0.4 is 0 Å². The number of unbranched alkanes of at least 4 members (excludes halogenated alkanes) is 11. The number of carbonyl (C=O) groups excluding carboxylic acids is 1. The summed E-state index contributed by atoms with van der Waals surface area (Å²) in [5.74, 6) is -0.153. The zero-order valence-electron chi connectivity index (χ0n) is 18.0. The molecular weight excluding hydrogens is 352 g/mol. The van der Waals surface area contributed by atoms with Crippen molar-refractivity contribution in [2.24, 2.45) is 9.98 Å². The zero-order chi connectivity index (χ0) is 20.5. The van der Waals surface area contributed by atoms with E-state index in [2.05, 4.69) is 35.1 Å². The molecule has 0 aromatic rings. The van der Waals surface area contributed by atoms with Crippen LogP contribution in [0.3, 0.4) is 0 Å². The maximum absolute atomic E-state index is 11.6. The van der Waals surface area contributed by atoms with Gasteiger partial charge >= 0.3 is 5.97 Å². The van der Waals surface area contributed by atoms with Crippen molar-refractivity contribution in [3.8, 4) is 0 Å². The van der Waals surface area contributed by atoms with E-state index in [0.717, 1.165) is 12.8 Å². The van der Waals surface area contributed by atoms with Crippen LogP contribution in [-0.2, 0) is 9.53 Å².